The molecule has 0 atom stereocenters. The van der Waals surface area contributed by atoms with Crippen molar-refractivity contribution < 1.29 is 4.79 Å². The lowest BCUT2D eigenvalue weighted by atomic mass is 10.2. The molecule has 5 heteroatoms. The van der Waals surface area contributed by atoms with Gasteiger partial charge in [-0.15, -0.1) is 0 Å². The highest BCUT2D eigenvalue weighted by Gasteiger charge is 2.22. The molecule has 29 heavy (non-hydrogen) atoms. The van der Waals surface area contributed by atoms with Gasteiger partial charge in [-0.3, -0.25) is 9.69 Å². The number of anilines is 2. The Balaban J connectivity index is 1.32. The molecule has 5 nitrogen and oxygen atoms in total. The number of rotatable bonds is 5. The number of pyridine rings is 1. The fraction of sp³-hybridized carbons (Fsp3) is 0.250. The van der Waals surface area contributed by atoms with Gasteiger partial charge in [-0.1, -0.05) is 48.5 Å². The molecule has 0 spiro atoms. The predicted octanol–water partition coefficient (Wildman–Crippen LogP) is 4.09. The first kappa shape index (κ1) is 19.2. The van der Waals surface area contributed by atoms with Gasteiger partial charge in [0, 0.05) is 38.4 Å². The Hall–Kier alpha value is -3.18. The van der Waals surface area contributed by atoms with E-state index in [0.29, 0.717) is 5.69 Å². The van der Waals surface area contributed by atoms with Crippen LogP contribution in [0.4, 0.5) is 11.4 Å². The lowest BCUT2D eigenvalue weighted by molar-refractivity contribution is 0.0623. The Bertz CT molecular complexity index is 948. The van der Waals surface area contributed by atoms with Crippen LogP contribution in [-0.2, 0) is 6.54 Å². The Morgan fingerprint density at radius 2 is 1.66 bits per heavy atom. The van der Waals surface area contributed by atoms with E-state index in [1.165, 1.54) is 11.1 Å². The molecule has 4 rings (SSSR count). The molecule has 0 saturated carbocycles. The normalized spacial score (nSPS) is 14.6. The number of piperazine rings is 1. The Morgan fingerprint density at radius 1 is 0.931 bits per heavy atom. The van der Waals surface area contributed by atoms with E-state index in [4.69, 9.17) is 0 Å². The van der Waals surface area contributed by atoms with E-state index in [2.05, 4.69) is 52.5 Å². The van der Waals surface area contributed by atoms with Gasteiger partial charge in [0.15, 0.2) is 0 Å². The van der Waals surface area contributed by atoms with E-state index < -0.39 is 0 Å². The maximum absolute atomic E-state index is 12.8. The average molecular weight is 386 g/mol. The minimum Gasteiger partial charge on any atom is -0.354 e. The summed E-state index contributed by atoms with van der Waals surface area (Å²) in [5.41, 5.74) is 4.90. The summed E-state index contributed by atoms with van der Waals surface area (Å²) in [7, 11) is 0. The number of amides is 1. The van der Waals surface area contributed by atoms with E-state index in [-0.39, 0.29) is 5.91 Å². The van der Waals surface area contributed by atoms with Crippen LogP contribution in [-0.4, -0.2) is 46.9 Å². The van der Waals surface area contributed by atoms with Gasteiger partial charge in [0.1, 0.15) is 5.69 Å². The van der Waals surface area contributed by atoms with Crippen molar-refractivity contribution in [3.8, 4) is 0 Å². The first-order valence-corrected chi connectivity index (χ1v) is 10.0. The Morgan fingerprint density at radius 3 is 2.34 bits per heavy atom. The minimum atomic E-state index is 0.00630. The molecule has 1 saturated heterocycles. The van der Waals surface area contributed by atoms with Crippen LogP contribution in [0.15, 0.2) is 72.9 Å². The highest BCUT2D eigenvalue weighted by atomic mass is 16.2. The van der Waals surface area contributed by atoms with Crippen LogP contribution in [0.5, 0.6) is 0 Å². The van der Waals surface area contributed by atoms with Crippen molar-refractivity contribution in [2.45, 2.75) is 13.5 Å². The van der Waals surface area contributed by atoms with Crippen molar-refractivity contribution in [2.24, 2.45) is 0 Å². The van der Waals surface area contributed by atoms with Crippen LogP contribution < -0.4 is 5.32 Å². The molecular weight excluding hydrogens is 360 g/mol. The second-order valence-corrected chi connectivity index (χ2v) is 7.43. The topological polar surface area (TPSA) is 48.5 Å². The number of para-hydroxylation sites is 1. The van der Waals surface area contributed by atoms with Crippen molar-refractivity contribution in [2.75, 3.05) is 31.5 Å². The number of benzene rings is 2. The van der Waals surface area contributed by atoms with Gasteiger partial charge in [-0.2, -0.15) is 0 Å². The summed E-state index contributed by atoms with van der Waals surface area (Å²) in [5.74, 6) is 0.00630. The molecule has 148 valence electrons. The third-order valence-electron chi connectivity index (χ3n) is 5.32. The summed E-state index contributed by atoms with van der Waals surface area (Å²) in [4.78, 5) is 21.5. The molecule has 2 aromatic carbocycles. The third kappa shape index (κ3) is 4.81. The average Bonchev–Trinajstić information content (AvgIpc) is 2.77. The zero-order valence-corrected chi connectivity index (χ0v) is 16.7. The molecule has 1 aliphatic heterocycles. The Kier molecular flexibility index (Phi) is 5.86. The molecule has 1 aromatic heterocycles. The fourth-order valence-electron chi connectivity index (χ4n) is 3.58. The number of hydrogen-bond acceptors (Lipinski definition) is 4. The number of nitrogens with zero attached hydrogens (tertiary/aromatic N) is 3. The van der Waals surface area contributed by atoms with Crippen LogP contribution >= 0.6 is 0 Å². The lowest BCUT2D eigenvalue weighted by Gasteiger charge is -2.34. The molecule has 0 bridgehead atoms. The van der Waals surface area contributed by atoms with E-state index in [9.17, 15) is 4.79 Å². The highest BCUT2D eigenvalue weighted by molar-refractivity contribution is 5.92. The maximum Gasteiger partial charge on any atom is 0.272 e. The van der Waals surface area contributed by atoms with E-state index >= 15 is 0 Å². The lowest BCUT2D eigenvalue weighted by Crippen LogP contribution is -2.48. The number of hydrogen-bond donors (Lipinski definition) is 1. The standard InChI is InChI=1S/C24H26N4O/c1-19-7-5-6-10-22(19)26-21-11-12-23(25-17-21)24(29)28-15-13-27(14-16-28)18-20-8-3-2-4-9-20/h2-12,17,26H,13-16,18H2,1H3. The number of nitrogens with one attached hydrogen (secondary N) is 1. The number of aryl methyl sites for hydroxylation is 1. The van der Waals surface area contributed by atoms with E-state index in [0.717, 1.165) is 44.1 Å². The molecular formula is C24H26N4O. The zero-order chi connectivity index (χ0) is 20.1. The molecule has 2 heterocycles. The zero-order valence-electron chi connectivity index (χ0n) is 16.7. The van der Waals surface area contributed by atoms with E-state index in [1.54, 1.807) is 12.3 Å². The number of aromatic nitrogens is 1. The first-order chi connectivity index (χ1) is 14.2. The van der Waals surface area contributed by atoms with Crippen LogP contribution in [0.25, 0.3) is 0 Å². The van der Waals surface area contributed by atoms with Crippen molar-refractivity contribution in [1.82, 2.24) is 14.8 Å². The van der Waals surface area contributed by atoms with Gasteiger partial charge in [0.25, 0.3) is 5.91 Å². The van der Waals surface area contributed by atoms with Crippen molar-refractivity contribution >= 4 is 17.3 Å². The quantitative estimate of drug-likeness (QED) is 0.717. The van der Waals surface area contributed by atoms with Crippen molar-refractivity contribution in [3.63, 3.8) is 0 Å². The summed E-state index contributed by atoms with van der Waals surface area (Å²) in [6, 6.07) is 22.3. The molecule has 1 aliphatic rings. The maximum atomic E-state index is 12.8. The molecule has 1 amide bonds. The van der Waals surface area contributed by atoms with Crippen LogP contribution in [0.2, 0.25) is 0 Å². The fourth-order valence-corrected chi connectivity index (χ4v) is 3.58. The van der Waals surface area contributed by atoms with Crippen LogP contribution in [0.1, 0.15) is 21.6 Å². The van der Waals surface area contributed by atoms with Crippen LogP contribution in [0, 0.1) is 6.92 Å². The second kappa shape index (κ2) is 8.88. The monoisotopic (exact) mass is 386 g/mol. The number of carbonyl (C=O) groups excluding carboxylic acids is 1. The van der Waals surface area contributed by atoms with Gasteiger partial charge < -0.3 is 10.2 Å². The van der Waals surface area contributed by atoms with Gasteiger partial charge in [0.2, 0.25) is 0 Å². The van der Waals surface area contributed by atoms with E-state index in [1.807, 2.05) is 35.2 Å². The smallest absolute Gasteiger partial charge is 0.272 e. The van der Waals surface area contributed by atoms with Gasteiger partial charge >= 0.3 is 0 Å². The molecule has 1 fully saturated rings. The predicted molar refractivity (Wildman–Crippen MR) is 116 cm³/mol. The summed E-state index contributed by atoms with van der Waals surface area (Å²) >= 11 is 0. The first-order valence-electron chi connectivity index (χ1n) is 10.0. The molecule has 1 N–H and O–H groups in total. The van der Waals surface area contributed by atoms with Crippen molar-refractivity contribution in [3.05, 3.63) is 89.7 Å². The molecule has 0 radical (unpaired) electrons. The summed E-state index contributed by atoms with van der Waals surface area (Å²) < 4.78 is 0. The van der Waals surface area contributed by atoms with Gasteiger partial charge in [-0.05, 0) is 36.2 Å². The summed E-state index contributed by atoms with van der Waals surface area (Å²) in [6.07, 6.45) is 1.73. The van der Waals surface area contributed by atoms with Crippen molar-refractivity contribution in [1.29, 1.82) is 0 Å². The van der Waals surface area contributed by atoms with Crippen LogP contribution in [0.3, 0.4) is 0 Å². The molecule has 0 aliphatic carbocycles. The second-order valence-electron chi connectivity index (χ2n) is 7.43. The summed E-state index contributed by atoms with van der Waals surface area (Å²) in [6.45, 7) is 6.22. The minimum absolute atomic E-state index is 0.00630. The number of carbonyl (C=O) groups is 1. The third-order valence-corrected chi connectivity index (χ3v) is 5.32. The van der Waals surface area contributed by atoms with Gasteiger partial charge in [0.05, 0.1) is 11.9 Å². The highest BCUT2D eigenvalue weighted by Crippen LogP contribution is 2.20. The molecule has 0 unspecified atom stereocenters. The summed E-state index contributed by atoms with van der Waals surface area (Å²) in [5, 5.41) is 3.35. The van der Waals surface area contributed by atoms with Gasteiger partial charge in [-0.25, -0.2) is 4.98 Å². The Labute approximate surface area is 172 Å². The largest absolute Gasteiger partial charge is 0.354 e. The SMILES string of the molecule is Cc1ccccc1Nc1ccc(C(=O)N2CCN(Cc3ccccc3)CC2)nc1. The molecule has 3 aromatic rings.